The highest BCUT2D eigenvalue weighted by Crippen LogP contribution is 2.24. The maximum absolute atomic E-state index is 4.61. The van der Waals surface area contributed by atoms with Crippen LogP contribution in [0, 0.1) is 0 Å². The fourth-order valence-corrected chi connectivity index (χ4v) is 4.27. The van der Waals surface area contributed by atoms with Crippen molar-refractivity contribution in [2.24, 2.45) is 4.99 Å². The molecular weight excluding hydrogens is 481 g/mol. The van der Waals surface area contributed by atoms with Crippen molar-refractivity contribution in [2.75, 3.05) is 20.1 Å². The molecule has 0 aliphatic carbocycles. The van der Waals surface area contributed by atoms with Crippen LogP contribution >= 0.6 is 35.3 Å². The number of hydrogen-bond acceptors (Lipinski definition) is 4. The molecule has 154 valence electrons. The van der Waals surface area contributed by atoms with Crippen LogP contribution in [0.1, 0.15) is 49.0 Å². The molecule has 1 unspecified atom stereocenters. The first-order valence-corrected chi connectivity index (χ1v) is 10.8. The van der Waals surface area contributed by atoms with Crippen molar-refractivity contribution in [3.8, 4) is 0 Å². The van der Waals surface area contributed by atoms with E-state index in [9.17, 15) is 0 Å². The van der Waals surface area contributed by atoms with Crippen molar-refractivity contribution in [2.45, 2.75) is 51.7 Å². The summed E-state index contributed by atoms with van der Waals surface area (Å²) in [6, 6.07) is 11.7. The number of guanidine groups is 1. The van der Waals surface area contributed by atoms with Crippen LogP contribution in [-0.4, -0.2) is 42.0 Å². The molecule has 5 nitrogen and oxygen atoms in total. The molecule has 2 aromatic rings. The van der Waals surface area contributed by atoms with Gasteiger partial charge in [-0.1, -0.05) is 37.3 Å². The summed E-state index contributed by atoms with van der Waals surface area (Å²) in [4.78, 5) is 11.6. The molecule has 2 N–H and O–H groups in total. The number of aryl methyl sites for hydroxylation is 1. The van der Waals surface area contributed by atoms with Gasteiger partial charge in [-0.05, 0) is 31.7 Å². The van der Waals surface area contributed by atoms with E-state index in [0.29, 0.717) is 12.1 Å². The molecule has 2 heterocycles. The van der Waals surface area contributed by atoms with Gasteiger partial charge < -0.3 is 10.6 Å². The predicted molar refractivity (Wildman–Crippen MR) is 130 cm³/mol. The van der Waals surface area contributed by atoms with Crippen LogP contribution in [0.25, 0.3) is 0 Å². The maximum Gasteiger partial charge on any atom is 0.191 e. The standard InChI is InChI=1S/C21H31N5S.HI/c1-4-20-24-19(15-27-20)14-23-21(22-3)25-18-10-12-26(13-11-18)16(2)17-8-6-5-7-9-17;/h5-9,15-16,18H,4,10-14H2,1-3H3,(H2,22,23,25);1H. The van der Waals surface area contributed by atoms with E-state index < -0.39 is 0 Å². The molecule has 0 saturated carbocycles. The summed E-state index contributed by atoms with van der Waals surface area (Å²) in [7, 11) is 1.83. The summed E-state index contributed by atoms with van der Waals surface area (Å²) in [6.07, 6.45) is 3.26. The molecule has 1 saturated heterocycles. The van der Waals surface area contributed by atoms with Crippen molar-refractivity contribution >= 4 is 41.3 Å². The van der Waals surface area contributed by atoms with E-state index in [-0.39, 0.29) is 24.0 Å². The first kappa shape index (κ1) is 23.1. The number of halogens is 1. The number of aromatic nitrogens is 1. The molecule has 7 heteroatoms. The minimum Gasteiger partial charge on any atom is -0.354 e. The van der Waals surface area contributed by atoms with E-state index in [1.54, 1.807) is 11.3 Å². The molecule has 1 aromatic heterocycles. The van der Waals surface area contributed by atoms with E-state index in [2.05, 4.69) is 75.1 Å². The summed E-state index contributed by atoms with van der Waals surface area (Å²) < 4.78 is 0. The SMILES string of the molecule is CCc1nc(CNC(=NC)NC2CCN(C(C)c3ccccc3)CC2)cs1.I. The van der Waals surface area contributed by atoms with Gasteiger partial charge in [-0.25, -0.2) is 4.98 Å². The number of benzene rings is 1. The number of thiazole rings is 1. The molecule has 1 aliphatic heterocycles. The monoisotopic (exact) mass is 513 g/mol. The Morgan fingerprint density at radius 1 is 1.29 bits per heavy atom. The molecule has 1 aromatic carbocycles. The largest absolute Gasteiger partial charge is 0.354 e. The number of likely N-dealkylation sites (tertiary alicyclic amines) is 1. The highest BCUT2D eigenvalue weighted by atomic mass is 127. The summed E-state index contributed by atoms with van der Waals surface area (Å²) >= 11 is 1.73. The van der Waals surface area contributed by atoms with Crippen molar-refractivity contribution in [1.29, 1.82) is 0 Å². The first-order valence-electron chi connectivity index (χ1n) is 9.89. The van der Waals surface area contributed by atoms with Gasteiger partial charge in [0.2, 0.25) is 0 Å². The third kappa shape index (κ3) is 6.42. The molecule has 1 atom stereocenters. The molecule has 28 heavy (non-hydrogen) atoms. The van der Waals surface area contributed by atoms with Crippen LogP contribution in [0.3, 0.4) is 0 Å². The zero-order chi connectivity index (χ0) is 19.1. The Hall–Kier alpha value is -1.19. The molecule has 0 spiro atoms. The summed E-state index contributed by atoms with van der Waals surface area (Å²) in [6.45, 7) is 7.39. The normalized spacial score (nSPS) is 17.0. The second-order valence-corrected chi connectivity index (χ2v) is 8.00. The predicted octanol–water partition coefficient (Wildman–Crippen LogP) is 4.21. The van der Waals surface area contributed by atoms with Crippen molar-refractivity contribution < 1.29 is 0 Å². The van der Waals surface area contributed by atoms with E-state index in [1.165, 1.54) is 10.6 Å². The number of hydrogen-bond donors (Lipinski definition) is 2. The topological polar surface area (TPSA) is 52.6 Å². The van der Waals surface area contributed by atoms with Crippen LogP contribution < -0.4 is 10.6 Å². The molecule has 3 rings (SSSR count). The fourth-order valence-electron chi connectivity index (χ4n) is 3.53. The van der Waals surface area contributed by atoms with Gasteiger partial charge in [-0.15, -0.1) is 35.3 Å². The summed E-state index contributed by atoms with van der Waals surface area (Å²) in [5.41, 5.74) is 2.49. The van der Waals surface area contributed by atoms with Gasteiger partial charge in [0.15, 0.2) is 5.96 Å². The molecule has 1 aliphatic rings. The van der Waals surface area contributed by atoms with Crippen LogP contribution in [-0.2, 0) is 13.0 Å². The number of nitrogens with zero attached hydrogens (tertiary/aromatic N) is 3. The molecule has 0 bridgehead atoms. The van der Waals surface area contributed by atoms with E-state index in [0.717, 1.165) is 50.6 Å². The van der Waals surface area contributed by atoms with Crippen LogP contribution in [0.15, 0.2) is 40.7 Å². The van der Waals surface area contributed by atoms with Gasteiger partial charge in [0.05, 0.1) is 17.2 Å². The highest BCUT2D eigenvalue weighted by Gasteiger charge is 2.24. The Morgan fingerprint density at radius 2 is 2.00 bits per heavy atom. The second kappa shape index (κ2) is 11.7. The van der Waals surface area contributed by atoms with Gasteiger partial charge in [0.25, 0.3) is 0 Å². The number of nitrogens with one attached hydrogen (secondary N) is 2. The second-order valence-electron chi connectivity index (χ2n) is 7.05. The lowest BCUT2D eigenvalue weighted by molar-refractivity contribution is 0.158. The number of aliphatic imine (C=N–C) groups is 1. The Bertz CT molecular complexity index is 725. The third-order valence-corrected chi connectivity index (χ3v) is 6.30. The summed E-state index contributed by atoms with van der Waals surface area (Å²) in [5.74, 6) is 0.871. The van der Waals surface area contributed by atoms with E-state index >= 15 is 0 Å². The van der Waals surface area contributed by atoms with E-state index in [4.69, 9.17) is 0 Å². The smallest absolute Gasteiger partial charge is 0.191 e. The average molecular weight is 513 g/mol. The highest BCUT2D eigenvalue weighted by molar-refractivity contribution is 14.0. The van der Waals surface area contributed by atoms with Gasteiger partial charge in [0.1, 0.15) is 0 Å². The minimum atomic E-state index is 0. The number of piperidine rings is 1. The Labute approximate surface area is 190 Å². The molecule has 0 amide bonds. The van der Waals surface area contributed by atoms with Crippen LogP contribution in [0.2, 0.25) is 0 Å². The first-order chi connectivity index (χ1) is 13.2. The van der Waals surface area contributed by atoms with Crippen molar-refractivity contribution in [3.05, 3.63) is 52.0 Å². The lowest BCUT2D eigenvalue weighted by Crippen LogP contribution is -2.48. The van der Waals surface area contributed by atoms with E-state index in [1.807, 2.05) is 7.05 Å². The van der Waals surface area contributed by atoms with Crippen molar-refractivity contribution in [3.63, 3.8) is 0 Å². The van der Waals surface area contributed by atoms with Crippen LogP contribution in [0.5, 0.6) is 0 Å². The Kier molecular flexibility index (Phi) is 9.67. The lowest BCUT2D eigenvalue weighted by atomic mass is 10.0. The molecule has 1 fully saturated rings. The molecule has 0 radical (unpaired) electrons. The van der Waals surface area contributed by atoms with Crippen LogP contribution in [0.4, 0.5) is 0 Å². The third-order valence-electron chi connectivity index (χ3n) is 5.26. The zero-order valence-corrected chi connectivity index (χ0v) is 20.2. The van der Waals surface area contributed by atoms with Gasteiger partial charge in [-0.2, -0.15) is 0 Å². The number of rotatable bonds is 6. The summed E-state index contributed by atoms with van der Waals surface area (Å²) in [5, 5.41) is 10.3. The quantitative estimate of drug-likeness (QED) is 0.345. The van der Waals surface area contributed by atoms with Gasteiger partial charge >= 0.3 is 0 Å². The van der Waals surface area contributed by atoms with Crippen molar-refractivity contribution in [1.82, 2.24) is 20.5 Å². The average Bonchev–Trinajstić information content (AvgIpc) is 3.20. The lowest BCUT2D eigenvalue weighted by Gasteiger charge is -2.37. The zero-order valence-electron chi connectivity index (χ0n) is 17.0. The fraction of sp³-hybridized carbons (Fsp3) is 0.524. The Morgan fingerprint density at radius 3 is 2.61 bits per heavy atom. The van der Waals surface area contributed by atoms with Gasteiger partial charge in [0, 0.05) is 37.6 Å². The Balaban J connectivity index is 0.00000280. The van der Waals surface area contributed by atoms with Gasteiger partial charge in [-0.3, -0.25) is 9.89 Å². The minimum absolute atomic E-state index is 0. The maximum atomic E-state index is 4.61. The molecular formula is C21H32IN5S.